The maximum absolute atomic E-state index is 11.9. The molecule has 0 aliphatic carbocycles. The molecule has 6 nitrogen and oxygen atoms in total. The fourth-order valence-electron chi connectivity index (χ4n) is 2.07. The molecule has 2 rings (SSSR count). The first-order valence-electron chi connectivity index (χ1n) is 7.83. The molecule has 0 heterocycles. The number of carbonyl (C=O) groups is 1. The van der Waals surface area contributed by atoms with E-state index in [2.05, 4.69) is 31.6 Å². The molecule has 0 fully saturated rings. The highest BCUT2D eigenvalue weighted by Gasteiger charge is 2.03. The lowest BCUT2D eigenvalue weighted by Crippen LogP contribution is -2.26. The summed E-state index contributed by atoms with van der Waals surface area (Å²) in [6.07, 6.45) is 0.697. The van der Waals surface area contributed by atoms with Gasteiger partial charge in [0.05, 0.1) is 7.11 Å². The maximum Gasteiger partial charge on any atom is 0.251 e. The number of hydrogen-bond donors (Lipinski definition) is 3. The van der Waals surface area contributed by atoms with Crippen molar-refractivity contribution in [1.82, 2.24) is 5.32 Å². The zero-order valence-electron chi connectivity index (χ0n) is 14.0. The van der Waals surface area contributed by atoms with Crippen LogP contribution in [0.1, 0.15) is 16.8 Å². The van der Waals surface area contributed by atoms with E-state index in [-0.39, 0.29) is 5.91 Å². The number of nitrogens with one attached hydrogen (secondary N) is 2. The molecule has 4 N–H and O–H groups in total. The van der Waals surface area contributed by atoms with Gasteiger partial charge in [-0.15, -0.1) is 0 Å². The van der Waals surface area contributed by atoms with E-state index in [0.29, 0.717) is 31.0 Å². The molecule has 0 saturated carbocycles. The number of anilines is 1. The van der Waals surface area contributed by atoms with E-state index in [4.69, 9.17) is 10.5 Å². The largest absolute Gasteiger partial charge is 0.497 e. The Labute approximate surface area is 155 Å². The summed E-state index contributed by atoms with van der Waals surface area (Å²) < 4.78 is 6.09. The summed E-state index contributed by atoms with van der Waals surface area (Å²) in [6.45, 7) is 1.05. The van der Waals surface area contributed by atoms with Crippen LogP contribution in [0.15, 0.2) is 58.0 Å². The van der Waals surface area contributed by atoms with Crippen LogP contribution in [-0.2, 0) is 0 Å². The number of guanidine groups is 1. The molecular weight excluding hydrogens is 384 g/mol. The summed E-state index contributed by atoms with van der Waals surface area (Å²) in [7, 11) is 1.61. The number of hydrogen-bond acceptors (Lipinski definition) is 3. The molecule has 132 valence electrons. The summed E-state index contributed by atoms with van der Waals surface area (Å²) in [5, 5.41) is 5.86. The van der Waals surface area contributed by atoms with Crippen molar-refractivity contribution in [3.8, 4) is 5.75 Å². The van der Waals surface area contributed by atoms with Gasteiger partial charge in [0.2, 0.25) is 0 Å². The van der Waals surface area contributed by atoms with Gasteiger partial charge >= 0.3 is 0 Å². The molecule has 7 heteroatoms. The number of ether oxygens (including phenoxy) is 1. The molecule has 0 aromatic heterocycles. The Morgan fingerprint density at radius 1 is 1.24 bits per heavy atom. The van der Waals surface area contributed by atoms with Crippen molar-refractivity contribution >= 4 is 33.5 Å². The molecule has 0 bridgehead atoms. The number of methoxy groups -OCH3 is 1. The van der Waals surface area contributed by atoms with Gasteiger partial charge in [-0.05, 0) is 42.8 Å². The van der Waals surface area contributed by atoms with Crippen LogP contribution in [0.2, 0.25) is 0 Å². The molecule has 1 amide bonds. The number of aliphatic imine (C=N–C) groups is 1. The third-order valence-electron chi connectivity index (χ3n) is 3.35. The smallest absolute Gasteiger partial charge is 0.251 e. The molecule has 0 atom stereocenters. The van der Waals surface area contributed by atoms with E-state index in [1.807, 2.05) is 36.4 Å². The zero-order chi connectivity index (χ0) is 18.1. The van der Waals surface area contributed by atoms with Gasteiger partial charge in [0.15, 0.2) is 5.96 Å². The van der Waals surface area contributed by atoms with Crippen LogP contribution in [-0.4, -0.2) is 32.1 Å². The third-order valence-corrected chi connectivity index (χ3v) is 3.88. The second-order valence-electron chi connectivity index (χ2n) is 5.24. The summed E-state index contributed by atoms with van der Waals surface area (Å²) in [6, 6.07) is 14.7. The van der Waals surface area contributed by atoms with Crippen LogP contribution in [0.3, 0.4) is 0 Å². The van der Waals surface area contributed by atoms with Crippen molar-refractivity contribution in [2.45, 2.75) is 6.42 Å². The van der Waals surface area contributed by atoms with E-state index in [1.165, 1.54) is 0 Å². The van der Waals surface area contributed by atoms with E-state index in [9.17, 15) is 4.79 Å². The van der Waals surface area contributed by atoms with Crippen LogP contribution in [0.5, 0.6) is 5.75 Å². The normalized spacial score (nSPS) is 11.0. The van der Waals surface area contributed by atoms with Crippen molar-refractivity contribution in [2.24, 2.45) is 10.7 Å². The molecule has 2 aromatic carbocycles. The highest BCUT2D eigenvalue weighted by molar-refractivity contribution is 9.10. The van der Waals surface area contributed by atoms with Crippen molar-refractivity contribution in [1.29, 1.82) is 0 Å². The number of nitrogens with two attached hydrogens (primary N) is 1. The van der Waals surface area contributed by atoms with Gasteiger partial charge < -0.3 is 21.1 Å². The van der Waals surface area contributed by atoms with Gasteiger partial charge in [-0.2, -0.15) is 0 Å². The van der Waals surface area contributed by atoms with E-state index in [0.717, 1.165) is 15.9 Å². The van der Waals surface area contributed by atoms with E-state index in [1.54, 1.807) is 19.2 Å². The molecule has 0 aliphatic rings. The average molecular weight is 405 g/mol. The van der Waals surface area contributed by atoms with Gasteiger partial charge in [-0.3, -0.25) is 9.79 Å². The summed E-state index contributed by atoms with van der Waals surface area (Å²) in [4.78, 5) is 16.2. The molecule has 0 radical (unpaired) electrons. The molecule has 0 saturated heterocycles. The van der Waals surface area contributed by atoms with Crippen LogP contribution < -0.4 is 21.1 Å². The Morgan fingerprint density at radius 2 is 2.00 bits per heavy atom. The van der Waals surface area contributed by atoms with Gasteiger partial charge in [-0.1, -0.05) is 22.0 Å². The fraction of sp³-hybridized carbons (Fsp3) is 0.222. The van der Waals surface area contributed by atoms with Crippen LogP contribution >= 0.6 is 15.9 Å². The number of nitrogens with zero attached hydrogens (tertiary/aromatic N) is 1. The Balaban J connectivity index is 1.71. The lowest BCUT2D eigenvalue weighted by molar-refractivity contribution is 0.0953. The quantitative estimate of drug-likeness (QED) is 0.375. The number of halogens is 1. The number of amides is 1. The Bertz CT molecular complexity index is 732. The van der Waals surface area contributed by atoms with Crippen LogP contribution in [0.4, 0.5) is 5.69 Å². The zero-order valence-corrected chi connectivity index (χ0v) is 15.5. The first-order valence-corrected chi connectivity index (χ1v) is 8.62. The lowest BCUT2D eigenvalue weighted by Gasteiger charge is -2.07. The van der Waals surface area contributed by atoms with E-state index >= 15 is 0 Å². The molecule has 2 aromatic rings. The standard InChI is InChI=1S/C18H21BrN4O2/c1-25-16-5-2-4-15(12-16)23-18(20)22-11-3-10-21-17(24)13-6-8-14(19)9-7-13/h2,4-9,12H,3,10-11H2,1H3,(H,21,24)(H3,20,22,23). The van der Waals surface area contributed by atoms with Crippen molar-refractivity contribution in [2.75, 3.05) is 25.5 Å². The summed E-state index contributed by atoms with van der Waals surface area (Å²) >= 11 is 3.34. The van der Waals surface area contributed by atoms with Crippen molar-refractivity contribution in [3.63, 3.8) is 0 Å². The minimum Gasteiger partial charge on any atom is -0.497 e. The molecular formula is C18H21BrN4O2. The van der Waals surface area contributed by atoms with E-state index < -0.39 is 0 Å². The SMILES string of the molecule is COc1cccc(NC(N)=NCCCNC(=O)c2ccc(Br)cc2)c1. The van der Waals surface area contributed by atoms with Gasteiger partial charge in [0, 0.05) is 34.9 Å². The highest BCUT2D eigenvalue weighted by atomic mass is 79.9. The molecule has 25 heavy (non-hydrogen) atoms. The second kappa shape index (κ2) is 9.68. The van der Waals surface area contributed by atoms with Crippen LogP contribution in [0, 0.1) is 0 Å². The number of rotatable bonds is 7. The third kappa shape index (κ3) is 6.46. The maximum atomic E-state index is 11.9. The summed E-state index contributed by atoms with van der Waals surface area (Å²) in [5.41, 5.74) is 7.29. The highest BCUT2D eigenvalue weighted by Crippen LogP contribution is 2.16. The Kier molecular flexibility index (Phi) is 7.28. The van der Waals surface area contributed by atoms with Crippen molar-refractivity contribution in [3.05, 3.63) is 58.6 Å². The fourth-order valence-corrected chi connectivity index (χ4v) is 2.34. The lowest BCUT2D eigenvalue weighted by atomic mass is 10.2. The van der Waals surface area contributed by atoms with Gasteiger partial charge in [0.25, 0.3) is 5.91 Å². The minimum absolute atomic E-state index is 0.0982. The Morgan fingerprint density at radius 3 is 2.72 bits per heavy atom. The van der Waals surface area contributed by atoms with Gasteiger partial charge in [-0.25, -0.2) is 0 Å². The number of carbonyl (C=O) groups excluding carboxylic acids is 1. The Hall–Kier alpha value is -2.54. The topological polar surface area (TPSA) is 88.7 Å². The van der Waals surface area contributed by atoms with Crippen molar-refractivity contribution < 1.29 is 9.53 Å². The number of benzene rings is 2. The minimum atomic E-state index is -0.0982. The first kappa shape index (κ1) is 18.8. The second-order valence-corrected chi connectivity index (χ2v) is 6.16. The van der Waals surface area contributed by atoms with Gasteiger partial charge in [0.1, 0.15) is 5.75 Å². The molecule has 0 unspecified atom stereocenters. The first-order chi connectivity index (χ1) is 12.1. The monoisotopic (exact) mass is 404 g/mol. The predicted octanol–water partition coefficient (Wildman–Crippen LogP) is 3.00. The summed E-state index contributed by atoms with van der Waals surface area (Å²) in [5.74, 6) is 0.972. The van der Waals surface area contributed by atoms with Crippen LogP contribution in [0.25, 0.3) is 0 Å². The molecule has 0 aliphatic heterocycles. The average Bonchev–Trinajstić information content (AvgIpc) is 2.62. The molecule has 0 spiro atoms. The predicted molar refractivity (Wildman–Crippen MR) is 104 cm³/mol.